The fraction of sp³-hybridized carbons (Fsp3) is 0.0455. The molecule has 0 spiro atoms. The standard InChI is InChI=1S/C44H26N6/c45-25-28-12-18-42-39(22-28)38-8-5-19-48-44(38)50(42)43-23-29(26-46)11-17-35(43)32-15-13-31(14-16-32)33-20-30(27-47)21-34(24-33)49-40-9-3-1-6-36(40)37-7-2-4-10-41(37)49/h1,3-6,8-24H,2,7H2. The van der Waals surface area contributed by atoms with E-state index in [1.165, 1.54) is 16.6 Å². The Balaban J connectivity index is 1.18. The SMILES string of the molecule is N#Cc1cc(-c2ccc(-c3ccc(C#N)cc3-n3c4ccc(C#N)cc4c4cccnc43)cc2)cc(-n2c3c(c4ccccc42)CCC=C3)c1. The number of hydrogen-bond donors (Lipinski definition) is 0. The molecule has 0 amide bonds. The van der Waals surface area contributed by atoms with Gasteiger partial charge < -0.3 is 4.57 Å². The van der Waals surface area contributed by atoms with E-state index in [2.05, 4.69) is 94.1 Å². The molecule has 0 saturated heterocycles. The molecule has 0 saturated carbocycles. The molecule has 6 nitrogen and oxygen atoms in total. The van der Waals surface area contributed by atoms with Crippen molar-refractivity contribution in [2.45, 2.75) is 12.8 Å². The lowest BCUT2D eigenvalue weighted by Crippen LogP contribution is -2.01. The van der Waals surface area contributed by atoms with E-state index in [0.717, 1.165) is 73.9 Å². The molecule has 0 fully saturated rings. The van der Waals surface area contributed by atoms with Crippen LogP contribution in [-0.4, -0.2) is 14.1 Å². The van der Waals surface area contributed by atoms with Crippen molar-refractivity contribution in [2.24, 2.45) is 0 Å². The molecule has 0 bridgehead atoms. The summed E-state index contributed by atoms with van der Waals surface area (Å²) in [5.74, 6) is 0. The van der Waals surface area contributed by atoms with Crippen molar-refractivity contribution in [3.8, 4) is 51.8 Å². The van der Waals surface area contributed by atoms with E-state index in [1.54, 1.807) is 6.20 Å². The Bertz CT molecular complexity index is 2850. The number of allylic oxidation sites excluding steroid dienone is 1. The van der Waals surface area contributed by atoms with E-state index in [4.69, 9.17) is 4.98 Å². The summed E-state index contributed by atoms with van der Waals surface area (Å²) in [7, 11) is 0. The average molecular weight is 639 g/mol. The first kappa shape index (κ1) is 29.0. The Morgan fingerprint density at radius 1 is 0.580 bits per heavy atom. The van der Waals surface area contributed by atoms with Crippen molar-refractivity contribution in [1.29, 1.82) is 15.8 Å². The minimum atomic E-state index is 0.537. The van der Waals surface area contributed by atoms with Crippen LogP contribution in [0.5, 0.6) is 0 Å². The van der Waals surface area contributed by atoms with Gasteiger partial charge in [-0.25, -0.2) is 4.98 Å². The summed E-state index contributed by atoms with van der Waals surface area (Å²) in [6.45, 7) is 0. The molecule has 9 rings (SSSR count). The third-order valence-electron chi connectivity index (χ3n) is 9.71. The van der Waals surface area contributed by atoms with Gasteiger partial charge in [0, 0.05) is 39.3 Å². The second-order valence-electron chi connectivity index (χ2n) is 12.5. The van der Waals surface area contributed by atoms with Crippen LogP contribution in [0.15, 0.2) is 128 Å². The molecule has 232 valence electrons. The van der Waals surface area contributed by atoms with Gasteiger partial charge in [-0.2, -0.15) is 15.8 Å². The van der Waals surface area contributed by atoms with Crippen LogP contribution in [0.4, 0.5) is 0 Å². The summed E-state index contributed by atoms with van der Waals surface area (Å²) in [4.78, 5) is 4.75. The van der Waals surface area contributed by atoms with Crippen LogP contribution in [-0.2, 0) is 6.42 Å². The second-order valence-corrected chi connectivity index (χ2v) is 12.5. The van der Waals surface area contributed by atoms with E-state index in [1.807, 2.05) is 60.7 Å². The molecule has 50 heavy (non-hydrogen) atoms. The van der Waals surface area contributed by atoms with Crippen LogP contribution < -0.4 is 0 Å². The van der Waals surface area contributed by atoms with Crippen molar-refractivity contribution in [2.75, 3.05) is 0 Å². The number of para-hydroxylation sites is 1. The van der Waals surface area contributed by atoms with E-state index in [0.29, 0.717) is 16.7 Å². The molecule has 0 atom stereocenters. The number of rotatable bonds is 4. The highest BCUT2D eigenvalue weighted by Gasteiger charge is 2.20. The monoisotopic (exact) mass is 638 g/mol. The highest BCUT2D eigenvalue weighted by molar-refractivity contribution is 6.09. The number of nitrogens with zero attached hydrogens (tertiary/aromatic N) is 6. The zero-order valence-corrected chi connectivity index (χ0v) is 26.8. The maximum absolute atomic E-state index is 10.1. The Labute approximate surface area is 288 Å². The fourth-order valence-electron chi connectivity index (χ4n) is 7.47. The molecular weight excluding hydrogens is 613 g/mol. The number of aromatic nitrogens is 3. The van der Waals surface area contributed by atoms with Gasteiger partial charge in [-0.05, 0) is 108 Å². The lowest BCUT2D eigenvalue weighted by atomic mass is 9.97. The Morgan fingerprint density at radius 3 is 2.16 bits per heavy atom. The van der Waals surface area contributed by atoms with E-state index >= 15 is 0 Å². The third kappa shape index (κ3) is 4.50. The van der Waals surface area contributed by atoms with Crippen molar-refractivity contribution in [3.63, 3.8) is 0 Å². The van der Waals surface area contributed by atoms with Crippen LogP contribution >= 0.6 is 0 Å². The lowest BCUT2D eigenvalue weighted by Gasteiger charge is -2.15. The van der Waals surface area contributed by atoms with Crippen LogP contribution in [0.1, 0.15) is 34.4 Å². The van der Waals surface area contributed by atoms with Crippen LogP contribution in [0.3, 0.4) is 0 Å². The maximum atomic E-state index is 10.1. The predicted molar refractivity (Wildman–Crippen MR) is 198 cm³/mol. The first-order valence-electron chi connectivity index (χ1n) is 16.4. The number of pyridine rings is 1. The highest BCUT2D eigenvalue weighted by atomic mass is 15.0. The number of aryl methyl sites for hydroxylation is 1. The first-order chi connectivity index (χ1) is 24.6. The van der Waals surface area contributed by atoms with Gasteiger partial charge in [0.05, 0.1) is 51.6 Å². The topological polar surface area (TPSA) is 94.1 Å². The average Bonchev–Trinajstić information content (AvgIpc) is 3.70. The normalized spacial score (nSPS) is 12.1. The van der Waals surface area contributed by atoms with Crippen molar-refractivity contribution in [1.82, 2.24) is 14.1 Å². The van der Waals surface area contributed by atoms with Crippen molar-refractivity contribution in [3.05, 3.63) is 155 Å². The largest absolute Gasteiger partial charge is 0.310 e. The molecular formula is C44H26N6. The minimum Gasteiger partial charge on any atom is -0.310 e. The Morgan fingerprint density at radius 2 is 1.32 bits per heavy atom. The van der Waals surface area contributed by atoms with E-state index < -0.39 is 0 Å². The molecule has 1 aliphatic carbocycles. The van der Waals surface area contributed by atoms with E-state index in [-0.39, 0.29) is 0 Å². The highest BCUT2D eigenvalue weighted by Crippen LogP contribution is 2.38. The summed E-state index contributed by atoms with van der Waals surface area (Å²) in [5.41, 5.74) is 12.7. The quantitative estimate of drug-likeness (QED) is 0.192. The number of nitriles is 3. The summed E-state index contributed by atoms with van der Waals surface area (Å²) in [6.07, 6.45) is 8.21. The van der Waals surface area contributed by atoms with Crippen LogP contribution in [0.2, 0.25) is 0 Å². The molecule has 1 aliphatic rings. The zero-order chi connectivity index (χ0) is 33.8. The van der Waals surface area contributed by atoms with Gasteiger partial charge in [-0.3, -0.25) is 4.57 Å². The minimum absolute atomic E-state index is 0.537. The number of hydrogen-bond acceptors (Lipinski definition) is 4. The summed E-state index contributed by atoms with van der Waals surface area (Å²) in [6, 6.07) is 45.1. The molecule has 8 aromatic rings. The fourth-order valence-corrected chi connectivity index (χ4v) is 7.47. The summed E-state index contributed by atoms with van der Waals surface area (Å²) < 4.78 is 4.36. The molecule has 0 N–H and O–H groups in total. The Hall–Kier alpha value is -7.20. The summed E-state index contributed by atoms with van der Waals surface area (Å²) in [5, 5.41) is 32.7. The maximum Gasteiger partial charge on any atom is 0.145 e. The lowest BCUT2D eigenvalue weighted by molar-refractivity contribution is 0.967. The van der Waals surface area contributed by atoms with Gasteiger partial charge in [0.15, 0.2) is 0 Å². The van der Waals surface area contributed by atoms with Gasteiger partial charge >= 0.3 is 0 Å². The molecule has 6 heteroatoms. The summed E-state index contributed by atoms with van der Waals surface area (Å²) >= 11 is 0. The smallest absolute Gasteiger partial charge is 0.145 e. The van der Waals surface area contributed by atoms with Gasteiger partial charge in [0.2, 0.25) is 0 Å². The molecule has 0 unspecified atom stereocenters. The first-order valence-corrected chi connectivity index (χ1v) is 16.4. The number of fused-ring (bicyclic) bond motifs is 6. The third-order valence-corrected chi connectivity index (χ3v) is 9.71. The number of benzene rings is 5. The molecule has 0 aliphatic heterocycles. The van der Waals surface area contributed by atoms with Gasteiger partial charge in [-0.15, -0.1) is 0 Å². The molecule has 3 heterocycles. The van der Waals surface area contributed by atoms with Gasteiger partial charge in [0.1, 0.15) is 5.65 Å². The van der Waals surface area contributed by atoms with Crippen molar-refractivity contribution >= 4 is 38.9 Å². The second kappa shape index (κ2) is 11.5. The van der Waals surface area contributed by atoms with Crippen LogP contribution in [0, 0.1) is 34.0 Å². The molecule has 0 radical (unpaired) electrons. The Kier molecular flexibility index (Phi) is 6.66. The molecule has 5 aromatic carbocycles. The van der Waals surface area contributed by atoms with Gasteiger partial charge in [-0.1, -0.05) is 54.6 Å². The van der Waals surface area contributed by atoms with Crippen LogP contribution in [0.25, 0.3) is 72.5 Å². The zero-order valence-electron chi connectivity index (χ0n) is 26.8. The predicted octanol–water partition coefficient (Wildman–Crippen LogP) is 10.0. The van der Waals surface area contributed by atoms with E-state index in [9.17, 15) is 15.8 Å². The van der Waals surface area contributed by atoms with Gasteiger partial charge in [0.25, 0.3) is 0 Å². The molecule has 3 aromatic heterocycles. The van der Waals surface area contributed by atoms with Crippen molar-refractivity contribution < 1.29 is 0 Å².